The van der Waals surface area contributed by atoms with E-state index in [9.17, 15) is 9.59 Å². The fraction of sp³-hybridized carbons (Fsp3) is 0.393. The lowest BCUT2D eigenvalue weighted by molar-refractivity contribution is -0.138. The number of anilines is 1. The number of hydrogen-bond acceptors (Lipinski definition) is 4. The first-order chi connectivity index (χ1) is 17.2. The summed E-state index contributed by atoms with van der Waals surface area (Å²) in [4.78, 5) is 36.9. The largest absolute Gasteiger partial charge is 0.375 e. The molecule has 7 nitrogen and oxygen atoms in total. The third-order valence-electron chi connectivity index (χ3n) is 8.00. The average Bonchev–Trinajstić information content (AvgIpc) is 3.60. The van der Waals surface area contributed by atoms with E-state index in [0.717, 1.165) is 50.2 Å². The van der Waals surface area contributed by atoms with Crippen LogP contribution >= 0.6 is 0 Å². The molecule has 3 unspecified atom stereocenters. The number of likely N-dealkylation sites (tertiary alicyclic amines) is 1. The van der Waals surface area contributed by atoms with Crippen LogP contribution in [0.15, 0.2) is 67.0 Å². The van der Waals surface area contributed by atoms with Crippen molar-refractivity contribution in [1.29, 1.82) is 0 Å². The normalized spacial score (nSPS) is 27.4. The van der Waals surface area contributed by atoms with Gasteiger partial charge in [-0.2, -0.15) is 0 Å². The molecule has 2 fully saturated rings. The molecule has 3 heterocycles. The van der Waals surface area contributed by atoms with E-state index in [0.29, 0.717) is 5.56 Å². The third kappa shape index (κ3) is 3.99. The second kappa shape index (κ2) is 9.21. The number of para-hydroxylation sites is 1. The molecular weight excluding hydrogens is 438 g/mol. The van der Waals surface area contributed by atoms with Gasteiger partial charge in [0.1, 0.15) is 5.82 Å². The van der Waals surface area contributed by atoms with Crippen molar-refractivity contribution in [3.05, 3.63) is 83.9 Å². The number of aromatic amines is 1. The quantitative estimate of drug-likeness (QED) is 0.526. The number of aromatic nitrogens is 2. The van der Waals surface area contributed by atoms with Gasteiger partial charge in [0, 0.05) is 42.1 Å². The van der Waals surface area contributed by atoms with Crippen molar-refractivity contribution in [2.45, 2.75) is 50.2 Å². The van der Waals surface area contributed by atoms with Crippen LogP contribution in [0.25, 0.3) is 0 Å². The lowest BCUT2D eigenvalue weighted by atomic mass is 9.80. The molecule has 180 valence electrons. The van der Waals surface area contributed by atoms with Gasteiger partial charge in [-0.25, -0.2) is 4.98 Å². The van der Waals surface area contributed by atoms with Crippen LogP contribution in [0.5, 0.6) is 0 Å². The second-order valence-corrected chi connectivity index (χ2v) is 9.95. The average molecular weight is 470 g/mol. The number of fused-ring (bicyclic) bond motifs is 3. The molecule has 1 saturated carbocycles. The highest BCUT2D eigenvalue weighted by molar-refractivity contribution is 5.94. The van der Waals surface area contributed by atoms with Crippen molar-refractivity contribution in [3.63, 3.8) is 0 Å². The summed E-state index contributed by atoms with van der Waals surface area (Å²) in [6, 6.07) is 17.5. The van der Waals surface area contributed by atoms with Crippen LogP contribution < -0.4 is 10.6 Å². The highest BCUT2D eigenvalue weighted by Crippen LogP contribution is 2.51. The molecule has 2 aromatic carbocycles. The van der Waals surface area contributed by atoms with Crippen LogP contribution in [0.1, 0.15) is 65.9 Å². The van der Waals surface area contributed by atoms with E-state index >= 15 is 0 Å². The van der Waals surface area contributed by atoms with E-state index in [1.54, 1.807) is 6.20 Å². The van der Waals surface area contributed by atoms with E-state index in [-0.39, 0.29) is 41.8 Å². The molecule has 6 rings (SSSR count). The van der Waals surface area contributed by atoms with Crippen molar-refractivity contribution in [3.8, 4) is 0 Å². The van der Waals surface area contributed by atoms with Crippen LogP contribution in [-0.4, -0.2) is 39.3 Å². The maximum Gasteiger partial charge on any atom is 0.251 e. The standard InChI is InChI=1S/C28H31N5O2/c34-27(18-8-2-1-3-9-18)32-23-13-7-5-11-20(23)28(35)33-17-14-21-24(26-29-15-16-30-26)31-22-12-6-4-10-19(22)25(21)33/h1-4,6,8-10,12,15-16,20-21,23-25,31H,5,7,11,13-14,17H2,(H,29,30)(H,32,34)/t20-,21?,23+,24?,25?/m0/s1. The summed E-state index contributed by atoms with van der Waals surface area (Å²) in [5.74, 6) is 1.03. The molecule has 0 radical (unpaired) electrons. The van der Waals surface area contributed by atoms with Gasteiger partial charge in [-0.15, -0.1) is 0 Å². The minimum atomic E-state index is -0.195. The Labute approximate surface area is 205 Å². The number of imidazole rings is 1. The Morgan fingerprint density at radius 3 is 2.60 bits per heavy atom. The Balaban J connectivity index is 1.27. The van der Waals surface area contributed by atoms with Crippen LogP contribution in [0, 0.1) is 11.8 Å². The molecule has 5 atom stereocenters. The highest BCUT2D eigenvalue weighted by atomic mass is 16.2. The molecule has 35 heavy (non-hydrogen) atoms. The smallest absolute Gasteiger partial charge is 0.251 e. The zero-order valence-corrected chi connectivity index (χ0v) is 19.7. The second-order valence-electron chi connectivity index (χ2n) is 9.95. The number of amides is 2. The molecule has 3 aliphatic rings. The molecular formula is C28H31N5O2. The van der Waals surface area contributed by atoms with Crippen molar-refractivity contribution in [2.24, 2.45) is 11.8 Å². The first-order valence-electron chi connectivity index (χ1n) is 12.7. The lowest BCUT2D eigenvalue weighted by Crippen LogP contribution is -2.50. The molecule has 2 amide bonds. The Morgan fingerprint density at radius 1 is 0.971 bits per heavy atom. The SMILES string of the molecule is O=C(N[C@@H]1CCCC[C@@H]1C(=O)N1CCC2C(c3ncc[nH]3)Nc3ccccc3C21)c1ccccc1. The van der Waals surface area contributed by atoms with Crippen molar-refractivity contribution >= 4 is 17.5 Å². The van der Waals surface area contributed by atoms with E-state index < -0.39 is 0 Å². The summed E-state index contributed by atoms with van der Waals surface area (Å²) in [5, 5.41) is 6.87. The molecule has 7 heteroatoms. The van der Waals surface area contributed by atoms with Crippen molar-refractivity contribution in [1.82, 2.24) is 20.2 Å². The van der Waals surface area contributed by atoms with Crippen LogP contribution in [0.2, 0.25) is 0 Å². The van der Waals surface area contributed by atoms with Crippen LogP contribution in [-0.2, 0) is 4.79 Å². The number of carbonyl (C=O) groups excluding carboxylic acids is 2. The van der Waals surface area contributed by atoms with Gasteiger partial charge in [-0.1, -0.05) is 49.2 Å². The Kier molecular flexibility index (Phi) is 5.76. The summed E-state index contributed by atoms with van der Waals surface area (Å²) in [5.41, 5.74) is 2.87. The van der Waals surface area contributed by atoms with Crippen molar-refractivity contribution in [2.75, 3.05) is 11.9 Å². The summed E-state index contributed by atoms with van der Waals surface area (Å²) in [6.45, 7) is 0.719. The maximum atomic E-state index is 14.1. The lowest BCUT2D eigenvalue weighted by Gasteiger charge is -2.41. The molecule has 1 saturated heterocycles. The van der Waals surface area contributed by atoms with Gasteiger partial charge in [0.15, 0.2) is 0 Å². The van der Waals surface area contributed by atoms with E-state index in [1.165, 1.54) is 5.56 Å². The van der Waals surface area contributed by atoms with Gasteiger partial charge in [0.2, 0.25) is 5.91 Å². The molecule has 1 aliphatic carbocycles. The number of H-pyrrole nitrogens is 1. The number of nitrogens with zero attached hydrogens (tertiary/aromatic N) is 2. The number of nitrogens with one attached hydrogen (secondary N) is 3. The topological polar surface area (TPSA) is 90.1 Å². The number of carbonyl (C=O) groups is 2. The van der Waals surface area contributed by atoms with Crippen LogP contribution in [0.4, 0.5) is 5.69 Å². The molecule has 1 aromatic heterocycles. The van der Waals surface area contributed by atoms with E-state index in [1.807, 2.05) is 42.6 Å². The Hall–Kier alpha value is -3.61. The molecule has 0 bridgehead atoms. The number of benzene rings is 2. The van der Waals surface area contributed by atoms with Gasteiger partial charge >= 0.3 is 0 Å². The van der Waals surface area contributed by atoms with Gasteiger partial charge in [-0.3, -0.25) is 9.59 Å². The maximum absolute atomic E-state index is 14.1. The van der Waals surface area contributed by atoms with E-state index in [4.69, 9.17) is 0 Å². The molecule has 3 aromatic rings. The molecule has 0 spiro atoms. The fourth-order valence-electron chi connectivity index (χ4n) is 6.34. The summed E-state index contributed by atoms with van der Waals surface area (Å²) < 4.78 is 0. The van der Waals surface area contributed by atoms with Gasteiger partial charge < -0.3 is 20.5 Å². The monoisotopic (exact) mass is 469 g/mol. The predicted molar refractivity (Wildman–Crippen MR) is 134 cm³/mol. The molecule has 3 N–H and O–H groups in total. The van der Waals surface area contributed by atoms with Crippen molar-refractivity contribution < 1.29 is 9.59 Å². The fourth-order valence-corrected chi connectivity index (χ4v) is 6.34. The van der Waals surface area contributed by atoms with E-state index in [2.05, 4.69) is 43.7 Å². The Bertz CT molecular complexity index is 1200. The zero-order chi connectivity index (χ0) is 23.8. The number of rotatable bonds is 4. The summed E-state index contributed by atoms with van der Waals surface area (Å²) >= 11 is 0. The zero-order valence-electron chi connectivity index (χ0n) is 19.7. The summed E-state index contributed by atoms with van der Waals surface area (Å²) in [6.07, 6.45) is 8.25. The van der Waals surface area contributed by atoms with Gasteiger partial charge in [-0.05, 0) is 43.0 Å². The molecule has 2 aliphatic heterocycles. The Morgan fingerprint density at radius 2 is 1.77 bits per heavy atom. The third-order valence-corrected chi connectivity index (χ3v) is 8.00. The number of hydrogen-bond donors (Lipinski definition) is 3. The van der Waals surface area contributed by atoms with Gasteiger partial charge in [0.25, 0.3) is 5.91 Å². The minimum absolute atomic E-state index is 0.00227. The first-order valence-corrected chi connectivity index (χ1v) is 12.7. The first kappa shape index (κ1) is 21.9. The van der Waals surface area contributed by atoms with Gasteiger partial charge in [0.05, 0.1) is 18.0 Å². The highest BCUT2D eigenvalue weighted by Gasteiger charge is 2.49. The minimum Gasteiger partial charge on any atom is -0.375 e. The summed E-state index contributed by atoms with van der Waals surface area (Å²) in [7, 11) is 0. The predicted octanol–water partition coefficient (Wildman–Crippen LogP) is 4.45. The van der Waals surface area contributed by atoms with Crippen LogP contribution in [0.3, 0.4) is 0 Å².